The minimum absolute atomic E-state index is 0.0380. The summed E-state index contributed by atoms with van der Waals surface area (Å²) in [6.45, 7) is 5.54. The number of carbonyl (C=O) groups excluding carboxylic acids is 1. The smallest absolute Gasteiger partial charge is 0.238 e. The Morgan fingerprint density at radius 1 is 1.24 bits per heavy atom. The fourth-order valence-corrected chi connectivity index (χ4v) is 5.56. The number of aromatic nitrogens is 2. The summed E-state index contributed by atoms with van der Waals surface area (Å²) in [7, 11) is -3.81. The van der Waals surface area contributed by atoms with Gasteiger partial charge in [0.25, 0.3) is 0 Å². The summed E-state index contributed by atoms with van der Waals surface area (Å²) in [6.07, 6.45) is 3.24. The maximum Gasteiger partial charge on any atom is 0.238 e. The first-order chi connectivity index (χ1) is 15.8. The van der Waals surface area contributed by atoms with E-state index < -0.39 is 10.0 Å². The van der Waals surface area contributed by atoms with Crippen LogP contribution in [0.3, 0.4) is 0 Å². The van der Waals surface area contributed by atoms with E-state index in [4.69, 9.17) is 5.14 Å². The van der Waals surface area contributed by atoms with E-state index in [1.165, 1.54) is 36.7 Å². The number of nitrogens with zero attached hydrogens (tertiary/aromatic N) is 3. The van der Waals surface area contributed by atoms with E-state index in [9.17, 15) is 13.2 Å². The number of hydrogen-bond donors (Lipinski definition) is 1. The summed E-state index contributed by atoms with van der Waals surface area (Å²) in [4.78, 5) is 20.0. The van der Waals surface area contributed by atoms with Crippen LogP contribution in [0.5, 0.6) is 0 Å². The predicted molar refractivity (Wildman–Crippen MR) is 131 cm³/mol. The summed E-state index contributed by atoms with van der Waals surface area (Å²) in [6, 6.07) is 15.0. The van der Waals surface area contributed by atoms with Gasteiger partial charge in [-0.05, 0) is 55.9 Å². The van der Waals surface area contributed by atoms with Crippen LogP contribution in [0.4, 0.5) is 0 Å². The van der Waals surface area contributed by atoms with E-state index in [0.717, 1.165) is 24.0 Å². The molecule has 7 nitrogen and oxygen atoms in total. The standard InChI is InChI=1S/C24H30N4O3S2/c1-3-13-27-22-12-11-20(33(25,30)31)14-21(22)26-24(27)32-16-23(29)28(17(2)19-9-10-19)15-18-7-5-4-6-8-18/h4-8,11-12,14,17,19H,3,9-10,13,15-16H2,1-2H3,(H2,25,30,31). The summed E-state index contributed by atoms with van der Waals surface area (Å²) in [5.41, 5.74) is 2.53. The molecule has 3 aromatic rings. The minimum atomic E-state index is -3.81. The number of rotatable bonds is 10. The number of imidazole rings is 1. The van der Waals surface area contributed by atoms with Gasteiger partial charge in [0, 0.05) is 19.1 Å². The molecule has 33 heavy (non-hydrogen) atoms. The van der Waals surface area contributed by atoms with Crippen molar-refractivity contribution in [3.63, 3.8) is 0 Å². The highest BCUT2D eigenvalue weighted by atomic mass is 32.2. The monoisotopic (exact) mass is 486 g/mol. The fraction of sp³-hybridized carbons (Fsp3) is 0.417. The van der Waals surface area contributed by atoms with Crippen LogP contribution >= 0.6 is 11.8 Å². The molecule has 0 saturated heterocycles. The number of primary sulfonamides is 1. The van der Waals surface area contributed by atoms with Gasteiger partial charge in [-0.3, -0.25) is 4.79 Å². The molecule has 2 aromatic carbocycles. The molecular formula is C24H30N4O3S2. The first kappa shape index (κ1) is 23.8. The molecule has 1 atom stereocenters. The minimum Gasteiger partial charge on any atom is -0.335 e. The number of thioether (sulfide) groups is 1. The Hall–Kier alpha value is -2.36. The molecule has 1 heterocycles. The Balaban J connectivity index is 1.56. The normalized spacial score (nSPS) is 15.0. The number of carbonyl (C=O) groups is 1. The van der Waals surface area contributed by atoms with Crippen molar-refractivity contribution in [3.05, 3.63) is 54.1 Å². The van der Waals surface area contributed by atoms with Crippen LogP contribution in [-0.4, -0.2) is 40.6 Å². The fourth-order valence-electron chi connectivity index (χ4n) is 4.10. The lowest BCUT2D eigenvalue weighted by molar-refractivity contribution is -0.131. The number of amides is 1. The molecule has 1 unspecified atom stereocenters. The molecule has 1 fully saturated rings. The van der Waals surface area contributed by atoms with Crippen molar-refractivity contribution in [1.29, 1.82) is 0 Å². The van der Waals surface area contributed by atoms with Gasteiger partial charge in [0.1, 0.15) is 0 Å². The Bertz CT molecular complexity index is 1240. The Morgan fingerprint density at radius 3 is 2.61 bits per heavy atom. The van der Waals surface area contributed by atoms with Crippen LogP contribution in [0.25, 0.3) is 11.0 Å². The maximum absolute atomic E-state index is 13.3. The molecule has 0 bridgehead atoms. The summed E-state index contributed by atoms with van der Waals surface area (Å²) < 4.78 is 25.5. The average Bonchev–Trinajstić information content (AvgIpc) is 3.58. The molecule has 0 spiro atoms. The largest absolute Gasteiger partial charge is 0.335 e. The van der Waals surface area contributed by atoms with Gasteiger partial charge in [0.2, 0.25) is 15.9 Å². The first-order valence-electron chi connectivity index (χ1n) is 11.3. The van der Waals surface area contributed by atoms with E-state index in [1.807, 2.05) is 27.7 Å². The first-order valence-corrected chi connectivity index (χ1v) is 13.8. The maximum atomic E-state index is 13.3. The molecule has 2 N–H and O–H groups in total. The lowest BCUT2D eigenvalue weighted by Gasteiger charge is -2.29. The van der Waals surface area contributed by atoms with E-state index in [2.05, 4.69) is 31.0 Å². The van der Waals surface area contributed by atoms with Crippen LogP contribution in [0.2, 0.25) is 0 Å². The molecule has 176 valence electrons. The van der Waals surface area contributed by atoms with Crippen LogP contribution < -0.4 is 5.14 Å². The zero-order valence-electron chi connectivity index (χ0n) is 19.0. The van der Waals surface area contributed by atoms with E-state index >= 15 is 0 Å². The number of benzene rings is 2. The molecule has 1 aromatic heterocycles. The molecule has 1 saturated carbocycles. The lowest BCUT2D eigenvalue weighted by atomic mass is 10.1. The van der Waals surface area contributed by atoms with E-state index in [0.29, 0.717) is 23.1 Å². The average molecular weight is 487 g/mol. The molecular weight excluding hydrogens is 456 g/mol. The van der Waals surface area contributed by atoms with E-state index in [1.54, 1.807) is 6.07 Å². The van der Waals surface area contributed by atoms with Crippen LogP contribution in [0.1, 0.15) is 38.7 Å². The second-order valence-electron chi connectivity index (χ2n) is 8.62. The van der Waals surface area contributed by atoms with Crippen LogP contribution in [0.15, 0.2) is 58.6 Å². The number of aryl methyl sites for hydroxylation is 1. The Morgan fingerprint density at radius 2 is 1.97 bits per heavy atom. The summed E-state index contributed by atoms with van der Waals surface area (Å²) >= 11 is 1.40. The molecule has 1 aliphatic rings. The lowest BCUT2D eigenvalue weighted by Crippen LogP contribution is -2.40. The SMILES string of the molecule is CCCn1c(SCC(=O)N(Cc2ccccc2)C(C)C2CC2)nc2cc(S(N)(=O)=O)ccc21. The highest BCUT2D eigenvalue weighted by Gasteiger charge is 2.34. The number of hydrogen-bond acceptors (Lipinski definition) is 5. The topological polar surface area (TPSA) is 98.3 Å². The quantitative estimate of drug-likeness (QED) is 0.437. The van der Waals surface area contributed by atoms with Crippen LogP contribution in [0, 0.1) is 5.92 Å². The van der Waals surface area contributed by atoms with Gasteiger partial charge in [-0.1, -0.05) is 49.0 Å². The molecule has 0 aliphatic heterocycles. The van der Waals surface area contributed by atoms with Crippen molar-refractivity contribution in [2.75, 3.05) is 5.75 Å². The Labute approximate surface area is 199 Å². The van der Waals surface area contributed by atoms with Gasteiger partial charge in [0.15, 0.2) is 5.16 Å². The summed E-state index contributed by atoms with van der Waals surface area (Å²) in [5.74, 6) is 0.937. The van der Waals surface area contributed by atoms with Gasteiger partial charge in [-0.2, -0.15) is 0 Å². The van der Waals surface area contributed by atoms with Crippen molar-refractivity contribution in [3.8, 4) is 0 Å². The van der Waals surface area contributed by atoms with Crippen molar-refractivity contribution in [1.82, 2.24) is 14.5 Å². The second kappa shape index (κ2) is 9.87. The zero-order chi connectivity index (χ0) is 23.6. The van der Waals surface area contributed by atoms with Gasteiger partial charge in [-0.15, -0.1) is 0 Å². The third kappa shape index (κ3) is 5.59. The number of sulfonamides is 1. The number of fused-ring (bicyclic) bond motifs is 1. The van der Waals surface area contributed by atoms with Crippen molar-refractivity contribution >= 4 is 38.7 Å². The van der Waals surface area contributed by atoms with Gasteiger partial charge in [-0.25, -0.2) is 18.5 Å². The Kier molecular flexibility index (Phi) is 7.11. The third-order valence-corrected chi connectivity index (χ3v) is 7.97. The third-order valence-electron chi connectivity index (χ3n) is 6.10. The molecule has 1 aliphatic carbocycles. The molecule has 9 heteroatoms. The van der Waals surface area contributed by atoms with Gasteiger partial charge in [0.05, 0.1) is 21.7 Å². The van der Waals surface area contributed by atoms with Crippen LogP contribution in [-0.2, 0) is 27.9 Å². The zero-order valence-corrected chi connectivity index (χ0v) is 20.6. The summed E-state index contributed by atoms with van der Waals surface area (Å²) in [5, 5.41) is 6.00. The second-order valence-corrected chi connectivity index (χ2v) is 11.1. The van der Waals surface area contributed by atoms with Crippen molar-refractivity contribution < 1.29 is 13.2 Å². The molecule has 1 amide bonds. The van der Waals surface area contributed by atoms with E-state index in [-0.39, 0.29) is 22.6 Å². The molecule has 4 rings (SSSR count). The number of nitrogens with two attached hydrogens (primary N) is 1. The highest BCUT2D eigenvalue weighted by Crippen LogP contribution is 2.36. The predicted octanol–water partition coefficient (Wildman–Crippen LogP) is 4.01. The van der Waals surface area contributed by atoms with Crippen molar-refractivity contribution in [2.45, 2.75) is 62.3 Å². The highest BCUT2D eigenvalue weighted by molar-refractivity contribution is 7.99. The van der Waals surface area contributed by atoms with Gasteiger partial charge < -0.3 is 9.47 Å². The van der Waals surface area contributed by atoms with Crippen molar-refractivity contribution in [2.24, 2.45) is 11.1 Å². The molecule has 0 radical (unpaired) electrons. The van der Waals surface area contributed by atoms with Gasteiger partial charge >= 0.3 is 0 Å².